The highest BCUT2D eigenvalue weighted by atomic mass is 16.5. The molecule has 0 saturated heterocycles. The highest BCUT2D eigenvalue weighted by molar-refractivity contribution is 5.89. The Morgan fingerprint density at radius 3 is 2.61 bits per heavy atom. The fraction of sp³-hybridized carbons (Fsp3) is 0.438. The molecule has 0 bridgehead atoms. The normalized spacial score (nSPS) is 24.0. The second-order valence-electron chi connectivity index (χ2n) is 3.61. The minimum atomic E-state index is -3.95. The van der Waals surface area contributed by atoms with Gasteiger partial charge in [-0.1, -0.05) is 6.37 Å². The Hall–Kier alpha value is -2.57. The number of hydrogen-bond donors (Lipinski definition) is 2. The van der Waals surface area contributed by atoms with Crippen molar-refractivity contribution in [2.24, 2.45) is 16.5 Å². The monoisotopic (exact) mass is 335 g/mol. The number of rotatable bonds is 9. The number of nitrogens with two attached hydrogens (primary N) is 2. The molecule has 23 heavy (non-hydrogen) atoms. The molecule has 1 aromatic carbocycles. The van der Waals surface area contributed by atoms with Crippen molar-refractivity contribution in [3.05, 3.63) is 29.8 Å². The van der Waals surface area contributed by atoms with Crippen molar-refractivity contribution >= 4 is 17.9 Å². The third kappa shape index (κ3) is 7.85. The van der Waals surface area contributed by atoms with Crippen LogP contribution in [0.4, 0.5) is 0 Å². The van der Waals surface area contributed by atoms with E-state index >= 15 is 0 Å². The molecule has 0 fully saturated rings. The lowest BCUT2D eigenvalue weighted by Gasteiger charge is -2.05. The van der Waals surface area contributed by atoms with Crippen LogP contribution in [0.25, 0.3) is 0 Å². The van der Waals surface area contributed by atoms with Gasteiger partial charge in [-0.3, -0.25) is 9.79 Å². The maximum Gasteiger partial charge on any atom is 0.338 e. The lowest BCUT2D eigenvalue weighted by Crippen LogP contribution is -2.22. The van der Waals surface area contributed by atoms with Gasteiger partial charge in [0.25, 0.3) is 0 Å². The van der Waals surface area contributed by atoms with Crippen LogP contribution in [0.3, 0.4) is 0 Å². The van der Waals surface area contributed by atoms with Crippen LogP contribution in [-0.4, -0.2) is 31.0 Å². The molecule has 7 heteroatoms. The Morgan fingerprint density at radius 2 is 1.96 bits per heavy atom. The lowest BCUT2D eigenvalue weighted by atomic mass is 10.2. The minimum Gasteiger partial charge on any atom is -0.462 e. The van der Waals surface area contributed by atoms with Crippen LogP contribution in [0, 0.1) is 0 Å². The predicted octanol–water partition coefficient (Wildman–Crippen LogP) is 1.60. The van der Waals surface area contributed by atoms with Crippen LogP contribution in [0.15, 0.2) is 29.3 Å². The summed E-state index contributed by atoms with van der Waals surface area (Å²) in [5, 5.41) is 0. The quantitative estimate of drug-likeness (QED) is 0.306. The summed E-state index contributed by atoms with van der Waals surface area (Å²) in [5.41, 5.74) is 9.70. The van der Waals surface area contributed by atoms with Crippen LogP contribution in [0.1, 0.15) is 61.9 Å². The summed E-state index contributed by atoms with van der Waals surface area (Å²) in [6.45, 7) is -9.04. The summed E-state index contributed by atoms with van der Waals surface area (Å²) in [5.74, 6) is -4.71. The van der Waals surface area contributed by atoms with Crippen molar-refractivity contribution in [1.82, 2.24) is 0 Å². The van der Waals surface area contributed by atoms with Crippen LogP contribution in [-0.2, 0) is 9.53 Å². The molecule has 4 N–H and O–H groups in total. The summed E-state index contributed by atoms with van der Waals surface area (Å²) in [7, 11) is 0. The Labute approximate surface area is 155 Å². The van der Waals surface area contributed by atoms with E-state index in [4.69, 9.17) is 35.4 Å². The second-order valence-corrected chi connectivity index (χ2v) is 3.61. The standard InChI is InChI=1S/C16H23N3O4/c1-2-22-15(21)12-7-9-13(10-8-12)23-14(20)6-4-3-5-11-19-16(17)18/h7-10H,2-6,11H2,1H3,(H4,17,18,19)/i1D3,2D2,3D2,4D2,5D2,6D2,11D. The minimum absolute atomic E-state index is 0.392. The van der Waals surface area contributed by atoms with Crippen LogP contribution in [0.2, 0.25) is 0 Å². The Bertz CT molecular complexity index is 1040. The molecular weight excluding hydrogens is 298 g/mol. The number of aliphatic imine (C=N–C) groups is 1. The summed E-state index contributed by atoms with van der Waals surface area (Å²) in [6, 6.07) is 3.53. The van der Waals surface area contributed by atoms with E-state index in [2.05, 4.69) is 9.73 Å². The van der Waals surface area contributed by atoms with Gasteiger partial charge >= 0.3 is 11.9 Å². The van der Waals surface area contributed by atoms with Gasteiger partial charge in [0.05, 0.1) is 16.2 Å². The van der Waals surface area contributed by atoms with E-state index in [1.165, 1.54) is 0 Å². The van der Waals surface area contributed by atoms with Gasteiger partial charge in [0, 0.05) is 28.0 Å². The average molecular weight is 335 g/mol. The first-order valence-electron chi connectivity index (χ1n) is 13.0. The third-order valence-corrected chi connectivity index (χ3v) is 2.02. The maximum absolute atomic E-state index is 12.5. The number of carbonyl (C=O) groups excluding carboxylic acids is 2. The first-order valence-corrected chi connectivity index (χ1v) is 5.89. The fourth-order valence-corrected chi connectivity index (χ4v) is 1.15. The van der Waals surface area contributed by atoms with Gasteiger partial charge in [0.2, 0.25) is 0 Å². The number of guanidine groups is 1. The molecule has 0 aliphatic heterocycles. The molecule has 1 atom stereocenters. The topological polar surface area (TPSA) is 117 Å². The van der Waals surface area contributed by atoms with Crippen LogP contribution < -0.4 is 16.2 Å². The number of benzene rings is 1. The molecule has 1 rings (SSSR count). The van der Waals surface area contributed by atoms with Gasteiger partial charge in [-0.25, -0.2) is 4.79 Å². The summed E-state index contributed by atoms with van der Waals surface area (Å²) in [6.07, 6.45) is -15.2. The van der Waals surface area contributed by atoms with Crippen molar-refractivity contribution in [2.75, 3.05) is 13.1 Å². The molecule has 0 saturated carbocycles. The molecule has 0 aliphatic carbocycles. The molecule has 7 nitrogen and oxygen atoms in total. The SMILES string of the molecule is [2H]C(N=C(N)N)C([2H])([2H])C([2H])([2H])C([2H])([2H])C([2H])([2H])C(=O)Oc1ccc(C(=O)OC([2H])([2H])C([2H])([2H])[2H])cc1. The number of nitrogens with zero attached hydrogens (tertiary/aromatic N) is 1. The largest absolute Gasteiger partial charge is 0.462 e. The van der Waals surface area contributed by atoms with Crippen molar-refractivity contribution in [3.8, 4) is 5.75 Å². The van der Waals surface area contributed by atoms with Gasteiger partial charge in [-0.05, 0) is 43.9 Å². The number of ether oxygens (including phenoxy) is 2. The van der Waals surface area contributed by atoms with Crippen molar-refractivity contribution < 1.29 is 38.3 Å². The zero-order valence-electron chi connectivity index (χ0n) is 25.6. The van der Waals surface area contributed by atoms with Gasteiger partial charge in [-0.2, -0.15) is 0 Å². The second kappa shape index (κ2) is 10.2. The van der Waals surface area contributed by atoms with E-state index in [0.29, 0.717) is 0 Å². The Kier molecular flexibility index (Phi) is 2.89. The molecule has 126 valence electrons. The molecule has 0 radical (unpaired) electrons. The number of esters is 2. The first-order chi connectivity index (χ1) is 16.3. The lowest BCUT2D eigenvalue weighted by molar-refractivity contribution is -0.134. The van der Waals surface area contributed by atoms with E-state index in [-0.39, 0.29) is 0 Å². The van der Waals surface area contributed by atoms with E-state index in [0.717, 1.165) is 24.3 Å². The molecular formula is C16H23N3O4. The molecule has 1 unspecified atom stereocenters. The van der Waals surface area contributed by atoms with Gasteiger partial charge in [-0.15, -0.1) is 0 Å². The first kappa shape index (κ1) is 6.51. The highest BCUT2D eigenvalue weighted by Gasteiger charge is 2.08. The summed E-state index contributed by atoms with van der Waals surface area (Å²) >= 11 is 0. The van der Waals surface area contributed by atoms with Gasteiger partial charge < -0.3 is 20.9 Å². The molecule has 0 spiro atoms. The van der Waals surface area contributed by atoms with E-state index in [1.54, 1.807) is 0 Å². The van der Waals surface area contributed by atoms with Crippen molar-refractivity contribution in [2.45, 2.75) is 32.3 Å². The average Bonchev–Trinajstić information content (AvgIpc) is 2.71. The smallest absolute Gasteiger partial charge is 0.338 e. The number of hydrogen-bond acceptors (Lipinski definition) is 5. The fourth-order valence-electron chi connectivity index (χ4n) is 1.15. The molecule has 0 amide bonds. The molecule has 0 aliphatic rings. The molecule has 0 aromatic heterocycles. The molecule has 1 aromatic rings. The third-order valence-electron chi connectivity index (χ3n) is 2.02. The van der Waals surface area contributed by atoms with Gasteiger partial charge in [0.1, 0.15) is 5.75 Å². The zero-order chi connectivity index (χ0) is 29.4. The van der Waals surface area contributed by atoms with Crippen LogP contribution >= 0.6 is 0 Å². The zero-order valence-corrected chi connectivity index (χ0v) is 11.6. The highest BCUT2D eigenvalue weighted by Crippen LogP contribution is 2.14. The summed E-state index contributed by atoms with van der Waals surface area (Å²) < 4.78 is 115. The maximum atomic E-state index is 12.5. The number of carbonyl (C=O) groups is 2. The predicted molar refractivity (Wildman–Crippen MR) is 87.2 cm³/mol. The van der Waals surface area contributed by atoms with Crippen molar-refractivity contribution in [3.63, 3.8) is 0 Å². The Morgan fingerprint density at radius 1 is 1.22 bits per heavy atom. The summed E-state index contributed by atoms with van der Waals surface area (Å²) in [4.78, 5) is 27.6. The van der Waals surface area contributed by atoms with Gasteiger partial charge in [0.15, 0.2) is 5.96 Å². The van der Waals surface area contributed by atoms with E-state index in [9.17, 15) is 9.59 Å². The van der Waals surface area contributed by atoms with E-state index < -0.39 is 74.6 Å². The van der Waals surface area contributed by atoms with Crippen LogP contribution in [0.5, 0.6) is 5.75 Å². The molecule has 0 heterocycles. The van der Waals surface area contributed by atoms with E-state index in [1.807, 2.05) is 0 Å². The Balaban J connectivity index is 3.16. The van der Waals surface area contributed by atoms with Crippen molar-refractivity contribution in [1.29, 1.82) is 0 Å².